The number of ether oxygens (including phenoxy) is 2. The van der Waals surface area contributed by atoms with Crippen LogP contribution in [-0.2, 0) is 6.54 Å². The molecule has 1 aromatic heterocycles. The zero-order valence-electron chi connectivity index (χ0n) is 18.4. The highest BCUT2D eigenvalue weighted by molar-refractivity contribution is 5.98. The molecule has 6 heteroatoms. The molecule has 0 unspecified atom stereocenters. The Morgan fingerprint density at radius 2 is 1.90 bits per heavy atom. The van der Waals surface area contributed by atoms with Crippen LogP contribution in [0.4, 0.5) is 0 Å². The van der Waals surface area contributed by atoms with E-state index in [4.69, 9.17) is 15.9 Å². The van der Waals surface area contributed by atoms with Crippen LogP contribution < -0.4 is 9.47 Å². The molecule has 1 aromatic carbocycles. The van der Waals surface area contributed by atoms with Crippen LogP contribution in [0.25, 0.3) is 0 Å². The molecule has 1 fully saturated rings. The minimum absolute atomic E-state index is 0.0179. The fourth-order valence-corrected chi connectivity index (χ4v) is 5.68. The zero-order valence-corrected chi connectivity index (χ0v) is 18.4. The molecule has 1 aliphatic heterocycles. The van der Waals surface area contributed by atoms with Crippen molar-refractivity contribution < 1.29 is 14.3 Å². The van der Waals surface area contributed by atoms with E-state index in [1.54, 1.807) is 30.3 Å². The first kappa shape index (κ1) is 20.8. The highest BCUT2D eigenvalue weighted by Gasteiger charge is 2.67. The molecule has 0 spiro atoms. The Morgan fingerprint density at radius 3 is 2.52 bits per heavy atom. The first-order chi connectivity index (χ1) is 14.6. The summed E-state index contributed by atoms with van der Waals surface area (Å²) in [6.07, 6.45) is 5.33. The number of carbonyl (C=O) groups is 1. The molecule has 0 saturated heterocycles. The van der Waals surface area contributed by atoms with Crippen LogP contribution in [0, 0.1) is 34.5 Å². The molecule has 1 saturated carbocycles. The number of aromatic nitrogens is 1. The largest absolute Gasteiger partial charge is 0.495 e. The third-order valence-corrected chi connectivity index (χ3v) is 6.55. The van der Waals surface area contributed by atoms with E-state index >= 15 is 0 Å². The lowest BCUT2D eigenvalue weighted by Gasteiger charge is -2.65. The van der Waals surface area contributed by atoms with Crippen LogP contribution in [-0.4, -0.2) is 35.0 Å². The SMILES string of the molecule is C#Cc1ccc2c(n1)CN(C1C(C)(C)C(Oc3ccc(C#N)c(OC)c3)C1(C)C)C2=O. The van der Waals surface area contributed by atoms with E-state index in [2.05, 4.69) is 44.7 Å². The van der Waals surface area contributed by atoms with Crippen molar-refractivity contribution in [2.75, 3.05) is 7.11 Å². The van der Waals surface area contributed by atoms with E-state index in [1.165, 1.54) is 7.11 Å². The molecule has 2 aromatic rings. The number of hydrogen-bond acceptors (Lipinski definition) is 5. The summed E-state index contributed by atoms with van der Waals surface area (Å²) in [6, 6.07) is 10.8. The van der Waals surface area contributed by atoms with Crippen molar-refractivity contribution in [2.24, 2.45) is 10.8 Å². The Labute approximate surface area is 182 Å². The standard InChI is InChI=1S/C25H25N3O3/c1-7-16-9-11-18-19(27-16)14-28(21(18)29)22-24(2,3)23(25(22,4)5)31-17-10-8-15(13-26)20(12-17)30-6/h1,8-12,22-23H,14H2,2-6H3. The monoisotopic (exact) mass is 415 g/mol. The molecule has 2 aliphatic rings. The van der Waals surface area contributed by atoms with Crippen molar-refractivity contribution in [2.45, 2.75) is 46.4 Å². The topological polar surface area (TPSA) is 75.5 Å². The zero-order chi connectivity index (χ0) is 22.6. The molecule has 0 bridgehead atoms. The number of benzene rings is 1. The number of nitrogens with zero attached hydrogens (tertiary/aromatic N) is 3. The third kappa shape index (κ3) is 3.02. The summed E-state index contributed by atoms with van der Waals surface area (Å²) in [5, 5.41) is 9.21. The number of terminal acetylenes is 1. The van der Waals surface area contributed by atoms with Crippen molar-refractivity contribution in [3.8, 4) is 29.9 Å². The number of nitriles is 1. The van der Waals surface area contributed by atoms with Crippen LogP contribution in [0.2, 0.25) is 0 Å². The summed E-state index contributed by atoms with van der Waals surface area (Å²) in [6.45, 7) is 8.91. The van der Waals surface area contributed by atoms with E-state index in [9.17, 15) is 10.1 Å². The third-order valence-electron chi connectivity index (χ3n) is 6.55. The van der Waals surface area contributed by atoms with Gasteiger partial charge in [0.1, 0.15) is 29.4 Å². The van der Waals surface area contributed by atoms with Gasteiger partial charge in [-0.3, -0.25) is 4.79 Å². The van der Waals surface area contributed by atoms with Gasteiger partial charge >= 0.3 is 0 Å². The molecule has 2 heterocycles. The van der Waals surface area contributed by atoms with Crippen molar-refractivity contribution in [3.05, 3.63) is 52.8 Å². The van der Waals surface area contributed by atoms with Gasteiger partial charge in [0.2, 0.25) is 0 Å². The van der Waals surface area contributed by atoms with E-state index < -0.39 is 0 Å². The van der Waals surface area contributed by atoms with Crippen molar-refractivity contribution in [1.29, 1.82) is 5.26 Å². The lowest BCUT2D eigenvalue weighted by molar-refractivity contribution is -0.199. The van der Waals surface area contributed by atoms with Gasteiger partial charge in [0.05, 0.1) is 30.5 Å². The molecule has 31 heavy (non-hydrogen) atoms. The fraction of sp³-hybridized carbons (Fsp3) is 0.400. The lowest BCUT2D eigenvalue weighted by Crippen LogP contribution is -2.74. The molecular formula is C25H25N3O3. The van der Waals surface area contributed by atoms with Crippen LogP contribution in [0.5, 0.6) is 11.5 Å². The van der Waals surface area contributed by atoms with Crippen molar-refractivity contribution >= 4 is 5.91 Å². The molecule has 0 radical (unpaired) electrons. The second kappa shape index (κ2) is 7.03. The van der Waals surface area contributed by atoms with Crippen LogP contribution in [0.3, 0.4) is 0 Å². The number of rotatable bonds is 4. The predicted octanol–water partition coefficient (Wildman–Crippen LogP) is 3.78. The number of methoxy groups -OCH3 is 1. The van der Waals surface area contributed by atoms with E-state index in [0.29, 0.717) is 34.9 Å². The second-order valence-corrected chi connectivity index (χ2v) is 9.29. The Morgan fingerprint density at radius 1 is 1.19 bits per heavy atom. The number of fused-ring (bicyclic) bond motifs is 1. The maximum atomic E-state index is 13.2. The van der Waals surface area contributed by atoms with Crippen LogP contribution >= 0.6 is 0 Å². The summed E-state index contributed by atoms with van der Waals surface area (Å²) in [4.78, 5) is 19.5. The molecule has 0 N–H and O–H groups in total. The molecule has 158 valence electrons. The van der Waals surface area contributed by atoms with Gasteiger partial charge in [-0.15, -0.1) is 6.42 Å². The molecule has 6 nitrogen and oxygen atoms in total. The molecule has 0 atom stereocenters. The smallest absolute Gasteiger partial charge is 0.256 e. The summed E-state index contributed by atoms with van der Waals surface area (Å²) in [7, 11) is 1.53. The number of carbonyl (C=O) groups excluding carboxylic acids is 1. The van der Waals surface area contributed by atoms with Gasteiger partial charge in [-0.1, -0.05) is 33.6 Å². The first-order valence-corrected chi connectivity index (χ1v) is 10.2. The highest BCUT2D eigenvalue weighted by Crippen LogP contribution is 2.59. The number of pyridine rings is 1. The van der Waals surface area contributed by atoms with E-state index in [-0.39, 0.29) is 28.9 Å². The maximum absolute atomic E-state index is 13.2. The first-order valence-electron chi connectivity index (χ1n) is 10.2. The summed E-state index contributed by atoms with van der Waals surface area (Å²) in [5.74, 6) is 3.63. The minimum atomic E-state index is -0.308. The van der Waals surface area contributed by atoms with Gasteiger partial charge < -0.3 is 14.4 Å². The number of amides is 1. The van der Waals surface area contributed by atoms with E-state index in [0.717, 1.165) is 5.69 Å². The van der Waals surface area contributed by atoms with Gasteiger partial charge in [0, 0.05) is 22.9 Å². The Bertz CT molecular complexity index is 1140. The van der Waals surface area contributed by atoms with Gasteiger partial charge in [-0.25, -0.2) is 4.98 Å². The second-order valence-electron chi connectivity index (χ2n) is 9.29. The Balaban J connectivity index is 1.60. The average Bonchev–Trinajstić information content (AvgIpc) is 3.05. The van der Waals surface area contributed by atoms with Gasteiger partial charge in [0.15, 0.2) is 0 Å². The van der Waals surface area contributed by atoms with Crippen LogP contribution in [0.15, 0.2) is 30.3 Å². The van der Waals surface area contributed by atoms with Gasteiger partial charge in [0.25, 0.3) is 5.91 Å². The van der Waals surface area contributed by atoms with Crippen molar-refractivity contribution in [1.82, 2.24) is 9.88 Å². The highest BCUT2D eigenvalue weighted by atomic mass is 16.5. The molecule has 1 aliphatic carbocycles. The summed E-state index contributed by atoms with van der Waals surface area (Å²) < 4.78 is 11.7. The molecule has 1 amide bonds. The summed E-state index contributed by atoms with van der Waals surface area (Å²) >= 11 is 0. The molecular weight excluding hydrogens is 390 g/mol. The van der Waals surface area contributed by atoms with E-state index in [1.807, 2.05) is 4.90 Å². The quantitative estimate of drug-likeness (QED) is 0.711. The van der Waals surface area contributed by atoms with Gasteiger partial charge in [-0.2, -0.15) is 5.26 Å². The van der Waals surface area contributed by atoms with Crippen LogP contribution in [0.1, 0.15) is 55.0 Å². The molecule has 4 rings (SSSR count). The fourth-order valence-electron chi connectivity index (χ4n) is 5.68. The van der Waals surface area contributed by atoms with Gasteiger partial charge in [-0.05, 0) is 24.3 Å². The maximum Gasteiger partial charge on any atom is 0.256 e. The average molecular weight is 415 g/mol. The summed E-state index contributed by atoms with van der Waals surface area (Å²) in [5.41, 5.74) is 1.73. The lowest BCUT2D eigenvalue weighted by atomic mass is 9.49. The predicted molar refractivity (Wildman–Crippen MR) is 116 cm³/mol. The Kier molecular flexibility index (Phi) is 4.70. The minimum Gasteiger partial charge on any atom is -0.495 e. The Hall–Kier alpha value is -3.51. The normalized spacial score (nSPS) is 22.7. The van der Waals surface area contributed by atoms with Crippen molar-refractivity contribution in [3.63, 3.8) is 0 Å². The number of hydrogen-bond donors (Lipinski definition) is 0.